The maximum absolute atomic E-state index is 10.9. The number of thioether (sulfide) groups is 1. The van der Waals surface area contributed by atoms with Crippen molar-refractivity contribution >= 4 is 43.6 Å². The van der Waals surface area contributed by atoms with Crippen LogP contribution in [0.15, 0.2) is 31.9 Å². The molecule has 2 N–H and O–H groups in total. The van der Waals surface area contributed by atoms with E-state index >= 15 is 0 Å². The minimum Gasteiger partial charge on any atom is -0.478 e. The number of ether oxygens (including phenoxy) is 1. The lowest BCUT2D eigenvalue weighted by molar-refractivity contribution is 0.303. The Morgan fingerprint density at radius 2 is 2.11 bits per heavy atom. The highest BCUT2D eigenvalue weighted by atomic mass is 79.9. The lowest BCUT2D eigenvalue weighted by atomic mass is 10.3. The summed E-state index contributed by atoms with van der Waals surface area (Å²) in [6, 6.07) is 5.76. The fourth-order valence-electron chi connectivity index (χ4n) is 1.36. The summed E-state index contributed by atoms with van der Waals surface area (Å²) in [6.07, 6.45) is 0. The van der Waals surface area contributed by atoms with Gasteiger partial charge in [-0.25, -0.2) is 9.89 Å². The van der Waals surface area contributed by atoms with Crippen LogP contribution in [-0.2, 0) is 5.75 Å². The van der Waals surface area contributed by atoms with Crippen molar-refractivity contribution in [3.63, 3.8) is 0 Å². The predicted octanol–water partition coefficient (Wildman–Crippen LogP) is 3.28. The van der Waals surface area contributed by atoms with Crippen LogP contribution < -0.4 is 10.4 Å². The first-order valence-electron chi connectivity index (χ1n) is 5.42. The first kappa shape index (κ1) is 14.7. The molecule has 0 aliphatic carbocycles. The summed E-state index contributed by atoms with van der Waals surface area (Å²) in [7, 11) is 0. The van der Waals surface area contributed by atoms with Crippen LogP contribution in [0.1, 0.15) is 12.7 Å². The molecule has 0 radical (unpaired) electrons. The average Bonchev–Trinajstić information content (AvgIpc) is 2.77. The van der Waals surface area contributed by atoms with Crippen molar-refractivity contribution in [2.75, 3.05) is 0 Å². The summed E-state index contributed by atoms with van der Waals surface area (Å²) < 4.78 is 7.63. The lowest BCUT2D eigenvalue weighted by Gasteiger charge is -2.16. The Morgan fingerprint density at radius 1 is 1.42 bits per heavy atom. The minimum atomic E-state index is -0.294. The summed E-state index contributed by atoms with van der Waals surface area (Å²) >= 11 is 8.43. The van der Waals surface area contributed by atoms with Gasteiger partial charge in [0.05, 0.1) is 14.7 Å². The molecule has 0 saturated heterocycles. The van der Waals surface area contributed by atoms with Gasteiger partial charge in [0, 0.05) is 0 Å². The van der Waals surface area contributed by atoms with Gasteiger partial charge in [-0.1, -0.05) is 6.07 Å². The van der Waals surface area contributed by atoms with Gasteiger partial charge in [0.25, 0.3) is 0 Å². The van der Waals surface area contributed by atoms with Crippen LogP contribution in [0.5, 0.6) is 5.75 Å². The number of hydrogen-bond donors (Lipinski definition) is 2. The van der Waals surface area contributed by atoms with E-state index in [1.807, 2.05) is 25.1 Å². The van der Waals surface area contributed by atoms with E-state index in [4.69, 9.17) is 4.74 Å². The number of benzene rings is 1. The molecule has 1 aromatic carbocycles. The van der Waals surface area contributed by atoms with Crippen molar-refractivity contribution in [3.05, 3.63) is 43.5 Å². The summed E-state index contributed by atoms with van der Waals surface area (Å²) in [6.45, 7) is 1.95. The third kappa shape index (κ3) is 4.12. The monoisotopic (exact) mass is 407 g/mol. The second-order valence-corrected chi connectivity index (χ2v) is 6.67. The van der Waals surface area contributed by atoms with Crippen LogP contribution in [0.4, 0.5) is 0 Å². The molecule has 0 spiro atoms. The van der Waals surface area contributed by atoms with Gasteiger partial charge in [-0.2, -0.15) is 5.10 Å². The maximum Gasteiger partial charge on any atom is 0.340 e. The highest BCUT2D eigenvalue weighted by Crippen LogP contribution is 2.35. The molecule has 8 heteroatoms. The molecule has 0 aliphatic heterocycles. The van der Waals surface area contributed by atoms with Crippen molar-refractivity contribution in [1.82, 2.24) is 15.2 Å². The van der Waals surface area contributed by atoms with Crippen LogP contribution in [-0.4, -0.2) is 20.6 Å². The molecule has 2 aromatic rings. The zero-order chi connectivity index (χ0) is 13.8. The van der Waals surface area contributed by atoms with Gasteiger partial charge >= 0.3 is 5.69 Å². The Balaban J connectivity index is 1.94. The number of nitrogens with one attached hydrogen (secondary N) is 2. The molecule has 0 aliphatic rings. The van der Waals surface area contributed by atoms with E-state index in [9.17, 15) is 4.79 Å². The fraction of sp³-hybridized carbons (Fsp3) is 0.273. The normalized spacial score (nSPS) is 12.4. The van der Waals surface area contributed by atoms with Crippen molar-refractivity contribution < 1.29 is 4.74 Å². The van der Waals surface area contributed by atoms with E-state index in [0.717, 1.165) is 14.7 Å². The number of aromatic nitrogens is 3. The third-order valence-corrected chi connectivity index (χ3v) is 4.46. The van der Waals surface area contributed by atoms with E-state index in [1.165, 1.54) is 11.8 Å². The number of halogens is 2. The van der Waals surface area contributed by atoms with Crippen LogP contribution in [0.2, 0.25) is 0 Å². The highest BCUT2D eigenvalue weighted by Gasteiger charge is 2.11. The molecular formula is C11H11Br2N3O2S. The van der Waals surface area contributed by atoms with Gasteiger partial charge in [-0.3, -0.25) is 4.98 Å². The molecule has 19 heavy (non-hydrogen) atoms. The second-order valence-electron chi connectivity index (χ2n) is 3.67. The summed E-state index contributed by atoms with van der Waals surface area (Å²) in [5.41, 5.74) is -0.368. The number of rotatable bonds is 5. The Kier molecular flexibility index (Phi) is 5.12. The number of hydrogen-bond acceptors (Lipinski definition) is 4. The van der Waals surface area contributed by atoms with E-state index in [1.54, 1.807) is 0 Å². The number of H-pyrrole nitrogens is 2. The Bertz CT molecular complexity index is 594. The van der Waals surface area contributed by atoms with Gasteiger partial charge in [0.1, 0.15) is 17.0 Å². The van der Waals surface area contributed by atoms with Gasteiger partial charge in [-0.15, -0.1) is 11.8 Å². The molecule has 0 amide bonds. The van der Waals surface area contributed by atoms with Gasteiger partial charge < -0.3 is 4.74 Å². The van der Waals surface area contributed by atoms with Crippen molar-refractivity contribution in [1.29, 1.82) is 0 Å². The molecule has 1 atom stereocenters. The molecule has 1 heterocycles. The molecule has 0 saturated carbocycles. The van der Waals surface area contributed by atoms with Crippen LogP contribution in [0.25, 0.3) is 0 Å². The molecular weight excluding hydrogens is 398 g/mol. The standard InChI is InChI=1S/C11H11Br2N3O2S/c1-6(19-5-9-14-11(17)16-15-9)18-10-7(12)3-2-4-8(10)13/h2-4,6H,5H2,1H3,(H2,14,15,16,17). The predicted molar refractivity (Wildman–Crippen MR) is 82.4 cm³/mol. The Labute approximate surface area is 130 Å². The number of nitrogens with zero attached hydrogens (tertiary/aromatic N) is 1. The molecule has 102 valence electrons. The summed E-state index contributed by atoms with van der Waals surface area (Å²) in [5, 5.41) is 6.17. The van der Waals surface area contributed by atoms with E-state index < -0.39 is 0 Å². The van der Waals surface area contributed by atoms with Crippen LogP contribution in [0, 0.1) is 0 Å². The number of para-hydroxylation sites is 1. The van der Waals surface area contributed by atoms with Crippen LogP contribution >= 0.6 is 43.6 Å². The zero-order valence-corrected chi connectivity index (χ0v) is 13.9. The van der Waals surface area contributed by atoms with Gasteiger partial charge in [-0.05, 0) is 50.9 Å². The van der Waals surface area contributed by atoms with Crippen molar-refractivity contribution in [2.24, 2.45) is 0 Å². The number of aromatic amines is 2. The van der Waals surface area contributed by atoms with E-state index in [0.29, 0.717) is 11.6 Å². The third-order valence-electron chi connectivity index (χ3n) is 2.21. The molecule has 2 rings (SSSR count). The fourth-order valence-corrected chi connectivity index (χ4v) is 3.24. The topological polar surface area (TPSA) is 70.8 Å². The lowest BCUT2D eigenvalue weighted by Crippen LogP contribution is -2.08. The molecule has 0 fully saturated rings. The molecule has 1 unspecified atom stereocenters. The smallest absolute Gasteiger partial charge is 0.340 e. The Morgan fingerprint density at radius 3 is 2.68 bits per heavy atom. The summed E-state index contributed by atoms with van der Waals surface area (Å²) in [5.74, 6) is 1.94. The Hall–Kier alpha value is -0.730. The van der Waals surface area contributed by atoms with Gasteiger partial charge in [0.15, 0.2) is 0 Å². The summed E-state index contributed by atoms with van der Waals surface area (Å²) in [4.78, 5) is 13.5. The van der Waals surface area contributed by atoms with Crippen LogP contribution in [0.3, 0.4) is 0 Å². The first-order chi connectivity index (χ1) is 9.06. The SMILES string of the molecule is CC(Oc1c(Br)cccc1Br)SCc1n[nH]c(=O)[nH]1. The molecule has 1 aromatic heterocycles. The van der Waals surface area contributed by atoms with E-state index in [-0.39, 0.29) is 11.1 Å². The first-order valence-corrected chi connectivity index (χ1v) is 8.05. The second kappa shape index (κ2) is 6.62. The van der Waals surface area contributed by atoms with Crippen molar-refractivity contribution in [2.45, 2.75) is 18.1 Å². The quantitative estimate of drug-likeness (QED) is 0.744. The van der Waals surface area contributed by atoms with Gasteiger partial charge in [0.2, 0.25) is 0 Å². The highest BCUT2D eigenvalue weighted by molar-refractivity contribution is 9.11. The van der Waals surface area contributed by atoms with E-state index in [2.05, 4.69) is 47.0 Å². The minimum absolute atomic E-state index is 0.0739. The zero-order valence-electron chi connectivity index (χ0n) is 9.94. The largest absolute Gasteiger partial charge is 0.478 e. The van der Waals surface area contributed by atoms with Crippen molar-refractivity contribution in [3.8, 4) is 5.75 Å². The maximum atomic E-state index is 10.9. The average molecular weight is 409 g/mol. The molecule has 5 nitrogen and oxygen atoms in total. The molecule has 0 bridgehead atoms.